The van der Waals surface area contributed by atoms with Gasteiger partial charge in [-0.3, -0.25) is 4.79 Å². The summed E-state index contributed by atoms with van der Waals surface area (Å²) in [6.45, 7) is 3.46. The summed E-state index contributed by atoms with van der Waals surface area (Å²) in [6.07, 6.45) is 3.38. The average Bonchev–Trinajstić information content (AvgIpc) is 2.71. The van der Waals surface area contributed by atoms with Crippen LogP contribution in [0.5, 0.6) is 5.75 Å². The summed E-state index contributed by atoms with van der Waals surface area (Å²) >= 11 is 0. The van der Waals surface area contributed by atoms with E-state index in [1.807, 2.05) is 17.9 Å². The van der Waals surface area contributed by atoms with Crippen LogP contribution in [0, 0.1) is 6.92 Å². The maximum atomic E-state index is 12.5. The third-order valence-corrected chi connectivity index (χ3v) is 4.19. The van der Waals surface area contributed by atoms with Crippen LogP contribution in [0.15, 0.2) is 18.2 Å². The molecule has 0 saturated carbocycles. The quantitative estimate of drug-likeness (QED) is 0.834. The highest BCUT2D eigenvalue weighted by Gasteiger charge is 2.32. The van der Waals surface area contributed by atoms with Crippen LogP contribution in [0.1, 0.15) is 35.2 Å². The topological polar surface area (TPSA) is 52.6 Å². The van der Waals surface area contributed by atoms with Crippen LogP contribution in [0.3, 0.4) is 0 Å². The zero-order valence-electron chi connectivity index (χ0n) is 11.6. The van der Waals surface area contributed by atoms with Gasteiger partial charge in [0.15, 0.2) is 0 Å². The molecule has 2 bridgehead atoms. The number of hydrogen-bond donors (Lipinski definition) is 2. The van der Waals surface area contributed by atoms with E-state index in [9.17, 15) is 9.90 Å². The molecule has 0 spiro atoms. The van der Waals surface area contributed by atoms with Crippen LogP contribution < -0.4 is 5.32 Å². The Kier molecular flexibility index (Phi) is 4.55. The van der Waals surface area contributed by atoms with Gasteiger partial charge in [-0.15, -0.1) is 12.4 Å². The van der Waals surface area contributed by atoms with Gasteiger partial charge in [-0.25, -0.2) is 0 Å². The number of carbonyl (C=O) groups is 1. The predicted molar refractivity (Wildman–Crippen MR) is 80.6 cm³/mol. The molecule has 2 atom stereocenters. The minimum Gasteiger partial charge on any atom is -0.507 e. The molecular weight excluding hydrogens is 276 g/mol. The summed E-state index contributed by atoms with van der Waals surface area (Å²) in [5, 5.41) is 13.4. The van der Waals surface area contributed by atoms with Gasteiger partial charge in [0.1, 0.15) is 5.75 Å². The van der Waals surface area contributed by atoms with Gasteiger partial charge in [-0.05, 0) is 38.3 Å². The Hall–Kier alpha value is -1.26. The predicted octanol–water partition coefficient (Wildman–Crippen LogP) is 2.09. The first-order valence-electron chi connectivity index (χ1n) is 6.98. The first-order chi connectivity index (χ1) is 9.13. The number of phenolic OH excluding ortho intramolecular Hbond substituents is 1. The maximum absolute atomic E-state index is 12.5. The number of nitrogens with one attached hydrogen (secondary N) is 1. The SMILES string of the molecule is Cc1ccc(O)c(C(=O)N2CCC3CCC(C2)N3)c1.Cl. The molecule has 3 rings (SSSR count). The van der Waals surface area contributed by atoms with Crippen molar-refractivity contribution < 1.29 is 9.90 Å². The molecule has 5 heteroatoms. The van der Waals surface area contributed by atoms with E-state index in [1.54, 1.807) is 12.1 Å². The van der Waals surface area contributed by atoms with E-state index in [1.165, 1.54) is 6.42 Å². The van der Waals surface area contributed by atoms with Crippen molar-refractivity contribution in [2.24, 2.45) is 0 Å². The summed E-state index contributed by atoms with van der Waals surface area (Å²) < 4.78 is 0. The van der Waals surface area contributed by atoms with Gasteiger partial charge in [0.05, 0.1) is 5.56 Å². The molecule has 1 aromatic carbocycles. The average molecular weight is 297 g/mol. The highest BCUT2D eigenvalue weighted by atomic mass is 35.5. The van der Waals surface area contributed by atoms with E-state index in [2.05, 4.69) is 5.32 Å². The number of aryl methyl sites for hydroxylation is 1. The zero-order chi connectivity index (χ0) is 13.4. The molecule has 2 aliphatic rings. The third-order valence-electron chi connectivity index (χ3n) is 4.19. The monoisotopic (exact) mass is 296 g/mol. The van der Waals surface area contributed by atoms with Gasteiger partial charge in [0, 0.05) is 25.2 Å². The zero-order valence-corrected chi connectivity index (χ0v) is 12.4. The molecule has 2 unspecified atom stereocenters. The number of nitrogens with zero attached hydrogens (tertiary/aromatic N) is 1. The third kappa shape index (κ3) is 2.91. The van der Waals surface area contributed by atoms with Crippen molar-refractivity contribution in [1.29, 1.82) is 0 Å². The minimum absolute atomic E-state index is 0. The van der Waals surface area contributed by atoms with Crippen LogP contribution in [0.2, 0.25) is 0 Å². The van der Waals surface area contributed by atoms with Gasteiger partial charge in [0.2, 0.25) is 0 Å². The molecule has 4 nitrogen and oxygen atoms in total. The number of likely N-dealkylation sites (tertiary alicyclic amines) is 1. The fraction of sp³-hybridized carbons (Fsp3) is 0.533. The van der Waals surface area contributed by atoms with Crippen LogP contribution >= 0.6 is 12.4 Å². The lowest BCUT2D eigenvalue weighted by atomic mass is 10.1. The summed E-state index contributed by atoms with van der Waals surface area (Å²) in [7, 11) is 0. The summed E-state index contributed by atoms with van der Waals surface area (Å²) in [4.78, 5) is 14.4. The van der Waals surface area contributed by atoms with E-state index in [0.717, 1.165) is 31.5 Å². The van der Waals surface area contributed by atoms with Crippen LogP contribution in [-0.4, -0.2) is 41.1 Å². The molecule has 2 heterocycles. The molecule has 2 fully saturated rings. The normalized spacial score (nSPS) is 24.9. The molecule has 20 heavy (non-hydrogen) atoms. The van der Waals surface area contributed by atoms with E-state index in [0.29, 0.717) is 17.6 Å². The lowest BCUT2D eigenvalue weighted by Crippen LogP contribution is -2.39. The van der Waals surface area contributed by atoms with Crippen molar-refractivity contribution in [2.75, 3.05) is 13.1 Å². The van der Waals surface area contributed by atoms with E-state index >= 15 is 0 Å². The molecular formula is C15H21ClN2O2. The van der Waals surface area contributed by atoms with E-state index in [-0.39, 0.29) is 24.1 Å². The number of fused-ring (bicyclic) bond motifs is 2. The van der Waals surface area contributed by atoms with E-state index < -0.39 is 0 Å². The number of phenols is 1. The number of carbonyl (C=O) groups excluding carboxylic acids is 1. The Bertz CT molecular complexity index is 507. The summed E-state index contributed by atoms with van der Waals surface area (Å²) in [5.41, 5.74) is 1.42. The molecule has 1 amide bonds. The highest BCUT2D eigenvalue weighted by Crippen LogP contribution is 2.24. The number of halogens is 1. The Morgan fingerprint density at radius 3 is 2.85 bits per heavy atom. The summed E-state index contributed by atoms with van der Waals surface area (Å²) in [6, 6.07) is 6.18. The van der Waals surface area contributed by atoms with Crippen molar-refractivity contribution in [3.63, 3.8) is 0 Å². The molecule has 1 aromatic rings. The fourth-order valence-electron chi connectivity index (χ4n) is 3.12. The van der Waals surface area contributed by atoms with Crippen molar-refractivity contribution in [3.05, 3.63) is 29.3 Å². The standard InChI is InChI=1S/C15H20N2O2.ClH/c1-10-2-5-14(18)13(8-10)15(19)17-7-6-11-3-4-12(9-17)16-11;/h2,5,8,11-12,16,18H,3-4,6-7,9H2,1H3;1H. The van der Waals surface area contributed by atoms with Crippen molar-refractivity contribution >= 4 is 18.3 Å². The fourth-order valence-corrected chi connectivity index (χ4v) is 3.12. The second kappa shape index (κ2) is 6.02. The highest BCUT2D eigenvalue weighted by molar-refractivity contribution is 5.97. The molecule has 0 radical (unpaired) electrons. The largest absolute Gasteiger partial charge is 0.507 e. The number of benzene rings is 1. The Labute approximate surface area is 125 Å². The number of rotatable bonds is 1. The smallest absolute Gasteiger partial charge is 0.257 e. The second-order valence-electron chi connectivity index (χ2n) is 5.70. The van der Waals surface area contributed by atoms with E-state index in [4.69, 9.17) is 0 Å². The number of aromatic hydroxyl groups is 1. The molecule has 2 aliphatic heterocycles. The van der Waals surface area contributed by atoms with Crippen LogP contribution in [-0.2, 0) is 0 Å². The Morgan fingerprint density at radius 1 is 1.30 bits per heavy atom. The van der Waals surface area contributed by atoms with Gasteiger partial charge in [0.25, 0.3) is 5.91 Å². The van der Waals surface area contributed by atoms with Gasteiger partial charge in [-0.2, -0.15) is 0 Å². The summed E-state index contributed by atoms with van der Waals surface area (Å²) in [5.74, 6) is 0.0357. The lowest BCUT2D eigenvalue weighted by Gasteiger charge is -2.24. The molecule has 2 saturated heterocycles. The second-order valence-corrected chi connectivity index (χ2v) is 5.70. The van der Waals surface area contributed by atoms with Gasteiger partial charge >= 0.3 is 0 Å². The first-order valence-corrected chi connectivity index (χ1v) is 6.98. The van der Waals surface area contributed by atoms with Crippen molar-refractivity contribution in [3.8, 4) is 5.75 Å². The minimum atomic E-state index is -0.0458. The Balaban J connectivity index is 0.00000147. The lowest BCUT2D eigenvalue weighted by molar-refractivity contribution is 0.0745. The van der Waals surface area contributed by atoms with Gasteiger partial charge < -0.3 is 15.3 Å². The van der Waals surface area contributed by atoms with Crippen LogP contribution in [0.25, 0.3) is 0 Å². The van der Waals surface area contributed by atoms with Crippen molar-refractivity contribution in [1.82, 2.24) is 10.2 Å². The Morgan fingerprint density at radius 2 is 2.05 bits per heavy atom. The molecule has 0 aromatic heterocycles. The maximum Gasteiger partial charge on any atom is 0.257 e. The van der Waals surface area contributed by atoms with Crippen LogP contribution in [0.4, 0.5) is 0 Å². The molecule has 2 N–H and O–H groups in total. The van der Waals surface area contributed by atoms with Crippen molar-refractivity contribution in [2.45, 2.75) is 38.3 Å². The number of amides is 1. The molecule has 110 valence electrons. The molecule has 0 aliphatic carbocycles. The number of hydrogen-bond acceptors (Lipinski definition) is 3. The first kappa shape index (κ1) is 15.1. The van der Waals surface area contributed by atoms with Gasteiger partial charge in [-0.1, -0.05) is 11.6 Å².